The Balaban J connectivity index is 2.65. The fraction of sp³-hybridized carbons (Fsp3) is 0.429. The molecular weight excluding hydrogens is 182 g/mol. The molecule has 1 N–H and O–H groups in total. The van der Waals surface area contributed by atoms with Crippen molar-refractivity contribution < 1.29 is 0 Å². The van der Waals surface area contributed by atoms with Gasteiger partial charge in [0.25, 0.3) is 0 Å². The molecule has 15 heavy (non-hydrogen) atoms. The molecule has 2 rings (SSSR count). The van der Waals surface area contributed by atoms with Gasteiger partial charge in [-0.05, 0) is 51.8 Å². The number of hydrogen-bond acceptors (Lipinski definition) is 1. The van der Waals surface area contributed by atoms with E-state index in [0.717, 1.165) is 0 Å². The van der Waals surface area contributed by atoms with E-state index in [1.54, 1.807) is 0 Å². The van der Waals surface area contributed by atoms with Gasteiger partial charge >= 0.3 is 0 Å². The number of benzene rings is 1. The molecule has 0 fully saturated rings. The fourth-order valence-electron chi connectivity index (χ4n) is 2.42. The SMILES string of the molecule is CC1=CC(C)(C)Nc2c(C)cc(C)cc21. The molecule has 0 bridgehead atoms. The Morgan fingerprint density at radius 1 is 1.07 bits per heavy atom. The quantitative estimate of drug-likeness (QED) is 0.671. The molecule has 1 aromatic rings. The number of rotatable bonds is 0. The van der Waals surface area contributed by atoms with E-state index in [4.69, 9.17) is 0 Å². The first-order valence-corrected chi connectivity index (χ1v) is 5.48. The van der Waals surface area contributed by atoms with Crippen LogP contribution in [-0.4, -0.2) is 5.54 Å². The van der Waals surface area contributed by atoms with Crippen molar-refractivity contribution in [2.45, 2.75) is 40.2 Å². The predicted molar refractivity (Wildman–Crippen MR) is 67.3 cm³/mol. The van der Waals surface area contributed by atoms with Crippen LogP contribution in [0.3, 0.4) is 0 Å². The second kappa shape index (κ2) is 3.13. The van der Waals surface area contributed by atoms with E-state index < -0.39 is 0 Å². The summed E-state index contributed by atoms with van der Waals surface area (Å²) in [4.78, 5) is 0. The smallest absolute Gasteiger partial charge is 0.0506 e. The van der Waals surface area contributed by atoms with Crippen LogP contribution in [0.1, 0.15) is 37.5 Å². The third kappa shape index (κ3) is 1.79. The van der Waals surface area contributed by atoms with Gasteiger partial charge in [-0.3, -0.25) is 0 Å². The molecule has 0 aromatic heterocycles. The number of hydrogen-bond donors (Lipinski definition) is 1. The number of fused-ring (bicyclic) bond motifs is 1. The van der Waals surface area contributed by atoms with E-state index in [9.17, 15) is 0 Å². The van der Waals surface area contributed by atoms with Crippen molar-refractivity contribution in [3.8, 4) is 0 Å². The van der Waals surface area contributed by atoms with Crippen molar-refractivity contribution in [3.05, 3.63) is 34.9 Å². The normalized spacial score (nSPS) is 17.8. The maximum absolute atomic E-state index is 3.59. The Labute approximate surface area is 92.2 Å². The molecule has 1 aliphatic heterocycles. The minimum atomic E-state index is 0.0666. The van der Waals surface area contributed by atoms with Crippen LogP contribution in [0.5, 0.6) is 0 Å². The lowest BCUT2D eigenvalue weighted by atomic mass is 9.89. The standard InChI is InChI=1S/C14H19N/c1-9-6-10(2)13-12(7-9)11(3)8-14(4,5)15-13/h6-8,15H,1-5H3. The van der Waals surface area contributed by atoms with Crippen molar-refractivity contribution in [3.63, 3.8) is 0 Å². The molecule has 1 nitrogen and oxygen atoms in total. The van der Waals surface area contributed by atoms with Crippen molar-refractivity contribution in [1.29, 1.82) is 0 Å². The molecule has 1 heterocycles. The van der Waals surface area contributed by atoms with Crippen LogP contribution < -0.4 is 5.32 Å². The van der Waals surface area contributed by atoms with Crippen LogP contribution in [0.2, 0.25) is 0 Å². The third-order valence-corrected chi connectivity index (χ3v) is 2.93. The molecule has 1 aliphatic rings. The summed E-state index contributed by atoms with van der Waals surface area (Å²) in [5, 5.41) is 3.59. The highest BCUT2D eigenvalue weighted by atomic mass is 15.0. The van der Waals surface area contributed by atoms with Gasteiger partial charge < -0.3 is 5.32 Å². The highest BCUT2D eigenvalue weighted by Crippen LogP contribution is 2.36. The molecule has 0 saturated carbocycles. The lowest BCUT2D eigenvalue weighted by Crippen LogP contribution is -2.32. The second-order valence-electron chi connectivity index (χ2n) is 5.18. The molecule has 1 heteroatoms. The lowest BCUT2D eigenvalue weighted by Gasteiger charge is -2.32. The average molecular weight is 201 g/mol. The van der Waals surface area contributed by atoms with E-state index in [0.29, 0.717) is 0 Å². The molecule has 0 amide bonds. The summed E-state index contributed by atoms with van der Waals surface area (Å²) in [6.07, 6.45) is 2.30. The van der Waals surface area contributed by atoms with Crippen LogP contribution in [-0.2, 0) is 0 Å². The number of allylic oxidation sites excluding steroid dienone is 1. The highest BCUT2D eigenvalue weighted by Gasteiger charge is 2.23. The van der Waals surface area contributed by atoms with Gasteiger partial charge in [0.2, 0.25) is 0 Å². The van der Waals surface area contributed by atoms with Crippen LogP contribution >= 0.6 is 0 Å². The van der Waals surface area contributed by atoms with E-state index in [1.807, 2.05) is 0 Å². The molecule has 0 saturated heterocycles. The van der Waals surface area contributed by atoms with Gasteiger partial charge in [0.15, 0.2) is 0 Å². The zero-order valence-corrected chi connectivity index (χ0v) is 10.2. The maximum atomic E-state index is 3.59. The van der Waals surface area contributed by atoms with E-state index >= 15 is 0 Å². The summed E-state index contributed by atoms with van der Waals surface area (Å²) in [6.45, 7) is 10.9. The Bertz CT molecular complexity index is 439. The van der Waals surface area contributed by atoms with Crippen molar-refractivity contribution in [2.75, 3.05) is 5.32 Å². The number of nitrogens with one attached hydrogen (secondary N) is 1. The maximum Gasteiger partial charge on any atom is 0.0506 e. The lowest BCUT2D eigenvalue weighted by molar-refractivity contribution is 0.706. The number of aryl methyl sites for hydroxylation is 2. The van der Waals surface area contributed by atoms with Crippen LogP contribution in [0, 0.1) is 13.8 Å². The largest absolute Gasteiger partial charge is 0.376 e. The van der Waals surface area contributed by atoms with Gasteiger partial charge in [-0.15, -0.1) is 0 Å². The second-order valence-corrected chi connectivity index (χ2v) is 5.18. The minimum absolute atomic E-state index is 0.0666. The molecule has 80 valence electrons. The molecule has 0 spiro atoms. The van der Waals surface area contributed by atoms with Gasteiger partial charge in [-0.1, -0.05) is 17.7 Å². The predicted octanol–water partition coefficient (Wildman–Crippen LogP) is 3.91. The summed E-state index contributed by atoms with van der Waals surface area (Å²) in [7, 11) is 0. The average Bonchev–Trinajstić information content (AvgIpc) is 2.06. The first-order valence-electron chi connectivity index (χ1n) is 5.48. The van der Waals surface area contributed by atoms with Gasteiger partial charge in [0.1, 0.15) is 0 Å². The van der Waals surface area contributed by atoms with Gasteiger partial charge in [0, 0.05) is 11.3 Å². The van der Waals surface area contributed by atoms with E-state index in [1.165, 1.54) is 28.0 Å². The summed E-state index contributed by atoms with van der Waals surface area (Å²) in [6, 6.07) is 4.50. The van der Waals surface area contributed by atoms with E-state index in [-0.39, 0.29) is 5.54 Å². The summed E-state index contributed by atoms with van der Waals surface area (Å²) in [5.41, 5.74) is 6.76. The minimum Gasteiger partial charge on any atom is -0.376 e. The Hall–Kier alpha value is -1.24. The zero-order chi connectivity index (χ0) is 11.2. The van der Waals surface area contributed by atoms with Crippen molar-refractivity contribution in [2.24, 2.45) is 0 Å². The Morgan fingerprint density at radius 2 is 1.73 bits per heavy atom. The van der Waals surface area contributed by atoms with Crippen LogP contribution in [0.4, 0.5) is 5.69 Å². The number of anilines is 1. The topological polar surface area (TPSA) is 12.0 Å². The molecular formula is C14H19N. The third-order valence-electron chi connectivity index (χ3n) is 2.93. The van der Waals surface area contributed by atoms with Crippen molar-refractivity contribution >= 4 is 11.3 Å². The van der Waals surface area contributed by atoms with Crippen molar-refractivity contribution in [1.82, 2.24) is 0 Å². The summed E-state index contributed by atoms with van der Waals surface area (Å²) in [5.74, 6) is 0. The molecule has 1 aromatic carbocycles. The van der Waals surface area contributed by atoms with Gasteiger partial charge in [0.05, 0.1) is 5.54 Å². The molecule has 0 unspecified atom stereocenters. The van der Waals surface area contributed by atoms with Crippen LogP contribution in [0.15, 0.2) is 18.2 Å². The highest BCUT2D eigenvalue weighted by molar-refractivity contribution is 5.82. The molecule has 0 aliphatic carbocycles. The van der Waals surface area contributed by atoms with Gasteiger partial charge in [-0.25, -0.2) is 0 Å². The Kier molecular flexibility index (Phi) is 2.14. The summed E-state index contributed by atoms with van der Waals surface area (Å²) < 4.78 is 0. The first kappa shape index (κ1) is 10.3. The van der Waals surface area contributed by atoms with Gasteiger partial charge in [-0.2, -0.15) is 0 Å². The first-order chi connectivity index (χ1) is 6.89. The van der Waals surface area contributed by atoms with Crippen LogP contribution in [0.25, 0.3) is 5.57 Å². The molecule has 0 atom stereocenters. The Morgan fingerprint density at radius 3 is 2.40 bits per heavy atom. The van der Waals surface area contributed by atoms with E-state index in [2.05, 4.69) is 58.1 Å². The summed E-state index contributed by atoms with van der Waals surface area (Å²) >= 11 is 0. The fourth-order valence-corrected chi connectivity index (χ4v) is 2.42. The molecule has 0 radical (unpaired) electrons. The monoisotopic (exact) mass is 201 g/mol. The zero-order valence-electron chi connectivity index (χ0n) is 10.2.